The molecule has 1 fully saturated rings. The van der Waals surface area contributed by atoms with Gasteiger partial charge >= 0.3 is 0 Å². The Bertz CT molecular complexity index is 373. The molecule has 0 unspecified atom stereocenters. The highest BCUT2D eigenvalue weighted by Crippen LogP contribution is 2.08. The molecule has 7 heteroatoms. The molecule has 0 atom stereocenters. The maximum Gasteiger partial charge on any atom is 0.191 e. The molecule has 1 saturated heterocycles. The molecule has 1 aliphatic heterocycles. The van der Waals surface area contributed by atoms with Crippen molar-refractivity contribution in [2.45, 2.75) is 0 Å². The average molecular weight is 277 g/mol. The molecule has 0 radical (unpaired) electrons. The van der Waals surface area contributed by atoms with Crippen molar-refractivity contribution in [3.8, 4) is 0 Å². The van der Waals surface area contributed by atoms with Crippen molar-refractivity contribution in [1.82, 2.24) is 4.90 Å². The highest BCUT2D eigenvalue weighted by atomic mass is 32.2. The highest BCUT2D eigenvalue weighted by Gasteiger charge is 2.12. The summed E-state index contributed by atoms with van der Waals surface area (Å²) in [6.45, 7) is 5.42. The Morgan fingerprint density at radius 1 is 1.47 bits per heavy atom. The van der Waals surface area contributed by atoms with Gasteiger partial charge in [-0.05, 0) is 0 Å². The molecule has 98 valence electrons. The third-order valence-corrected chi connectivity index (χ3v) is 4.87. The SMILES string of the molecule is C=CCS(=O)(=O)CCN=C(N)N1CCSCC1. The second-order valence-electron chi connectivity index (χ2n) is 3.74. The summed E-state index contributed by atoms with van der Waals surface area (Å²) in [7, 11) is -3.06. The molecule has 0 amide bonds. The Morgan fingerprint density at radius 3 is 2.71 bits per heavy atom. The number of thioether (sulfide) groups is 1. The number of hydrogen-bond donors (Lipinski definition) is 1. The lowest BCUT2D eigenvalue weighted by Gasteiger charge is -2.27. The van der Waals surface area contributed by atoms with Crippen LogP contribution >= 0.6 is 11.8 Å². The molecule has 17 heavy (non-hydrogen) atoms. The van der Waals surface area contributed by atoms with E-state index >= 15 is 0 Å². The molecule has 0 bridgehead atoms. The van der Waals surface area contributed by atoms with Crippen LogP contribution in [0.25, 0.3) is 0 Å². The maximum absolute atomic E-state index is 11.4. The largest absolute Gasteiger partial charge is 0.370 e. The lowest BCUT2D eigenvalue weighted by molar-refractivity contribution is 0.456. The van der Waals surface area contributed by atoms with Crippen LogP contribution in [0.3, 0.4) is 0 Å². The van der Waals surface area contributed by atoms with Crippen molar-refractivity contribution >= 4 is 27.6 Å². The van der Waals surface area contributed by atoms with Crippen LogP contribution in [-0.2, 0) is 9.84 Å². The number of nitrogens with two attached hydrogens (primary N) is 1. The molecule has 1 rings (SSSR count). The van der Waals surface area contributed by atoms with Crippen LogP contribution in [0.5, 0.6) is 0 Å². The van der Waals surface area contributed by atoms with Gasteiger partial charge in [0.2, 0.25) is 0 Å². The zero-order chi connectivity index (χ0) is 12.7. The number of hydrogen-bond acceptors (Lipinski definition) is 4. The van der Waals surface area contributed by atoms with Crippen molar-refractivity contribution in [3.05, 3.63) is 12.7 Å². The van der Waals surface area contributed by atoms with E-state index in [1.165, 1.54) is 6.08 Å². The highest BCUT2D eigenvalue weighted by molar-refractivity contribution is 7.99. The summed E-state index contributed by atoms with van der Waals surface area (Å²) in [5.41, 5.74) is 5.80. The molecule has 0 spiro atoms. The number of guanidine groups is 1. The van der Waals surface area contributed by atoms with Gasteiger partial charge in [0.25, 0.3) is 0 Å². The van der Waals surface area contributed by atoms with Gasteiger partial charge in [0, 0.05) is 24.6 Å². The summed E-state index contributed by atoms with van der Waals surface area (Å²) >= 11 is 1.89. The van der Waals surface area contributed by atoms with Crippen LogP contribution < -0.4 is 5.73 Å². The zero-order valence-corrected chi connectivity index (χ0v) is 11.5. The van der Waals surface area contributed by atoms with Crippen LogP contribution in [-0.4, -0.2) is 61.9 Å². The van der Waals surface area contributed by atoms with Crippen LogP contribution in [0.15, 0.2) is 17.6 Å². The monoisotopic (exact) mass is 277 g/mol. The summed E-state index contributed by atoms with van der Waals surface area (Å²) in [4.78, 5) is 6.11. The molecule has 1 heterocycles. The molecule has 5 nitrogen and oxygen atoms in total. The summed E-state index contributed by atoms with van der Waals surface area (Å²) in [6, 6.07) is 0. The standard InChI is InChI=1S/C10H19N3O2S2/c1-2-8-17(14,15)9-3-12-10(11)13-4-6-16-7-5-13/h2H,1,3-9H2,(H2,11,12). The fraction of sp³-hybridized carbons (Fsp3) is 0.700. The second kappa shape index (κ2) is 6.90. The lowest BCUT2D eigenvalue weighted by Crippen LogP contribution is -2.42. The van der Waals surface area contributed by atoms with Gasteiger partial charge in [0.15, 0.2) is 15.8 Å². The van der Waals surface area contributed by atoms with E-state index in [1.54, 1.807) is 0 Å². The first-order valence-electron chi connectivity index (χ1n) is 5.49. The van der Waals surface area contributed by atoms with E-state index in [0.717, 1.165) is 24.6 Å². The van der Waals surface area contributed by atoms with E-state index in [9.17, 15) is 8.42 Å². The summed E-state index contributed by atoms with van der Waals surface area (Å²) in [5.74, 6) is 2.58. The Balaban J connectivity index is 2.39. The Kier molecular flexibility index (Phi) is 5.84. The quantitative estimate of drug-likeness (QED) is 0.433. The first-order valence-corrected chi connectivity index (χ1v) is 8.47. The molecule has 0 aromatic rings. The number of sulfone groups is 1. The van der Waals surface area contributed by atoms with Gasteiger partial charge in [0.1, 0.15) is 0 Å². The average Bonchev–Trinajstić information content (AvgIpc) is 2.29. The fourth-order valence-corrected chi connectivity index (χ4v) is 3.25. The smallest absolute Gasteiger partial charge is 0.191 e. The van der Waals surface area contributed by atoms with E-state index < -0.39 is 9.84 Å². The Morgan fingerprint density at radius 2 is 2.12 bits per heavy atom. The first-order chi connectivity index (χ1) is 8.05. The van der Waals surface area contributed by atoms with Gasteiger partial charge in [-0.15, -0.1) is 6.58 Å². The molecule has 0 aliphatic carbocycles. The summed E-state index contributed by atoms with van der Waals surface area (Å²) < 4.78 is 22.8. The Labute approximate surface area is 107 Å². The van der Waals surface area contributed by atoms with Crippen molar-refractivity contribution in [2.24, 2.45) is 10.7 Å². The number of aliphatic imine (C=N–C) groups is 1. The van der Waals surface area contributed by atoms with Gasteiger partial charge in [0.05, 0.1) is 18.1 Å². The number of rotatable bonds is 5. The minimum atomic E-state index is -3.06. The summed E-state index contributed by atoms with van der Waals surface area (Å²) in [5, 5.41) is 0. The normalized spacial score (nSPS) is 18.1. The van der Waals surface area contributed by atoms with Crippen molar-refractivity contribution in [2.75, 3.05) is 42.6 Å². The predicted octanol–water partition coefficient (Wildman–Crippen LogP) is -0.0493. The predicted molar refractivity (Wildman–Crippen MR) is 74.2 cm³/mol. The molecule has 2 N–H and O–H groups in total. The van der Waals surface area contributed by atoms with E-state index in [1.807, 2.05) is 16.7 Å². The van der Waals surface area contributed by atoms with Gasteiger partial charge in [-0.1, -0.05) is 6.08 Å². The van der Waals surface area contributed by atoms with Gasteiger partial charge < -0.3 is 10.6 Å². The minimum Gasteiger partial charge on any atom is -0.370 e. The molecule has 0 aromatic heterocycles. The van der Waals surface area contributed by atoms with Crippen LogP contribution in [0.4, 0.5) is 0 Å². The van der Waals surface area contributed by atoms with Crippen LogP contribution in [0.2, 0.25) is 0 Å². The molecular formula is C10H19N3O2S2. The second-order valence-corrected chi connectivity index (χ2v) is 7.20. The first kappa shape index (κ1) is 14.4. The van der Waals surface area contributed by atoms with Crippen LogP contribution in [0.1, 0.15) is 0 Å². The topological polar surface area (TPSA) is 75.8 Å². The lowest BCUT2D eigenvalue weighted by atomic mass is 10.5. The minimum absolute atomic E-state index is 0.00276. The van der Waals surface area contributed by atoms with Gasteiger partial charge in [-0.25, -0.2) is 8.42 Å². The van der Waals surface area contributed by atoms with E-state index in [2.05, 4.69) is 11.6 Å². The maximum atomic E-state index is 11.4. The van der Waals surface area contributed by atoms with Crippen molar-refractivity contribution < 1.29 is 8.42 Å². The van der Waals surface area contributed by atoms with E-state index in [0.29, 0.717) is 5.96 Å². The van der Waals surface area contributed by atoms with Crippen molar-refractivity contribution in [1.29, 1.82) is 0 Å². The van der Waals surface area contributed by atoms with Gasteiger partial charge in [-0.3, -0.25) is 4.99 Å². The van der Waals surface area contributed by atoms with Crippen LogP contribution in [0, 0.1) is 0 Å². The molecule has 0 aromatic carbocycles. The van der Waals surface area contributed by atoms with E-state index in [4.69, 9.17) is 5.73 Å². The molecular weight excluding hydrogens is 258 g/mol. The van der Waals surface area contributed by atoms with Gasteiger partial charge in [-0.2, -0.15) is 11.8 Å². The third kappa shape index (κ3) is 5.45. The zero-order valence-electron chi connectivity index (χ0n) is 9.84. The van der Waals surface area contributed by atoms with E-state index in [-0.39, 0.29) is 18.1 Å². The fourth-order valence-electron chi connectivity index (χ4n) is 1.45. The number of nitrogens with zero attached hydrogens (tertiary/aromatic N) is 2. The molecule has 1 aliphatic rings. The molecule has 0 saturated carbocycles. The Hall–Kier alpha value is -0.690. The van der Waals surface area contributed by atoms with Crippen molar-refractivity contribution in [3.63, 3.8) is 0 Å². The third-order valence-electron chi connectivity index (χ3n) is 2.38. The summed E-state index contributed by atoms with van der Waals surface area (Å²) in [6.07, 6.45) is 1.39.